The maximum Gasteiger partial charge on any atom is 0.201 e. The van der Waals surface area contributed by atoms with Crippen LogP contribution >= 0.6 is 0 Å². The first-order valence-corrected chi connectivity index (χ1v) is 7.58. The molecular formula is C18H21N3O. The average Bonchev–Trinajstić information content (AvgIpc) is 2.80. The largest absolute Gasteiger partial charge is 0.396 e. The van der Waals surface area contributed by atoms with Crippen LogP contribution in [0.2, 0.25) is 0 Å². The van der Waals surface area contributed by atoms with E-state index in [1.54, 1.807) is 0 Å². The van der Waals surface area contributed by atoms with Gasteiger partial charge in [-0.2, -0.15) is 0 Å². The highest BCUT2D eigenvalue weighted by atomic mass is 16.2. The van der Waals surface area contributed by atoms with E-state index in [1.807, 2.05) is 4.57 Å². The normalized spacial score (nSPS) is 11.2. The van der Waals surface area contributed by atoms with E-state index < -0.39 is 0 Å². The number of aryl methyl sites for hydroxylation is 2. The Bertz CT molecular complexity index is 792. The van der Waals surface area contributed by atoms with Crippen molar-refractivity contribution in [2.24, 2.45) is 0 Å². The summed E-state index contributed by atoms with van der Waals surface area (Å²) >= 11 is 0. The summed E-state index contributed by atoms with van der Waals surface area (Å²) in [6.45, 7) is 3.02. The molecule has 0 aliphatic heterocycles. The fourth-order valence-corrected chi connectivity index (χ4v) is 2.79. The van der Waals surface area contributed by atoms with Crippen molar-refractivity contribution in [1.29, 1.82) is 0 Å². The zero-order chi connectivity index (χ0) is 15.5. The van der Waals surface area contributed by atoms with Gasteiger partial charge in [-0.05, 0) is 43.0 Å². The Hall–Kier alpha value is -2.33. The molecule has 2 aromatic carbocycles. The molecule has 0 fully saturated rings. The summed E-state index contributed by atoms with van der Waals surface area (Å²) in [4.78, 5) is 4.48. The van der Waals surface area contributed by atoms with E-state index in [-0.39, 0.29) is 6.61 Å². The molecule has 0 saturated carbocycles. The molecule has 4 nitrogen and oxygen atoms in total. The second kappa shape index (κ2) is 6.20. The summed E-state index contributed by atoms with van der Waals surface area (Å²) in [5, 5.41) is 8.94. The van der Waals surface area contributed by atoms with Crippen LogP contribution in [-0.2, 0) is 13.0 Å². The minimum absolute atomic E-state index is 0.210. The van der Waals surface area contributed by atoms with Gasteiger partial charge in [0, 0.05) is 6.61 Å². The third kappa shape index (κ3) is 2.97. The highest BCUT2D eigenvalue weighted by Gasteiger charge is 2.09. The van der Waals surface area contributed by atoms with Gasteiger partial charge >= 0.3 is 0 Å². The lowest BCUT2D eigenvalue weighted by molar-refractivity contribution is 0.288. The molecule has 0 radical (unpaired) electrons. The molecule has 114 valence electrons. The Balaban J connectivity index is 1.94. The summed E-state index contributed by atoms with van der Waals surface area (Å²) in [5.74, 6) is 0.538. The highest BCUT2D eigenvalue weighted by molar-refractivity contribution is 5.79. The number of aliphatic hydroxyl groups is 1. The first-order valence-electron chi connectivity index (χ1n) is 7.58. The number of anilines is 1. The lowest BCUT2D eigenvalue weighted by Crippen LogP contribution is -2.04. The van der Waals surface area contributed by atoms with E-state index in [0.717, 1.165) is 30.4 Å². The number of hydrogen-bond acceptors (Lipinski definition) is 3. The third-order valence-corrected chi connectivity index (χ3v) is 3.89. The molecule has 0 unspecified atom stereocenters. The zero-order valence-corrected chi connectivity index (χ0v) is 12.8. The topological polar surface area (TPSA) is 64.1 Å². The van der Waals surface area contributed by atoms with Crippen molar-refractivity contribution < 1.29 is 5.11 Å². The molecular weight excluding hydrogens is 274 g/mol. The molecule has 0 aliphatic rings. The molecule has 0 amide bonds. The molecule has 0 spiro atoms. The lowest BCUT2D eigenvalue weighted by atomic mass is 10.1. The fraction of sp³-hybridized carbons (Fsp3) is 0.278. The number of nitrogen functional groups attached to an aromatic ring is 1. The second-order valence-corrected chi connectivity index (χ2v) is 5.70. The van der Waals surface area contributed by atoms with Crippen molar-refractivity contribution >= 4 is 17.0 Å². The van der Waals surface area contributed by atoms with Crippen molar-refractivity contribution in [2.75, 3.05) is 12.3 Å². The van der Waals surface area contributed by atoms with Crippen LogP contribution in [0.15, 0.2) is 42.5 Å². The predicted molar refractivity (Wildman–Crippen MR) is 89.8 cm³/mol. The number of aromatic nitrogens is 2. The maximum absolute atomic E-state index is 8.94. The second-order valence-electron chi connectivity index (χ2n) is 5.70. The van der Waals surface area contributed by atoms with Crippen molar-refractivity contribution in [3.8, 4) is 0 Å². The van der Waals surface area contributed by atoms with Gasteiger partial charge < -0.3 is 15.4 Å². The number of rotatable bonds is 5. The van der Waals surface area contributed by atoms with Crippen LogP contribution in [-0.4, -0.2) is 21.3 Å². The standard InChI is InChI=1S/C18H21N3O/c1-13-4-2-5-15(10-13)12-21-17-8-7-14(6-3-9-22)11-16(17)20-18(21)19/h2,4-5,7-8,10-11,22H,3,6,9,12H2,1H3,(H2,19,20). The van der Waals surface area contributed by atoms with Gasteiger partial charge in [-0.25, -0.2) is 4.98 Å². The smallest absolute Gasteiger partial charge is 0.201 e. The molecule has 3 N–H and O–H groups in total. The summed E-state index contributed by atoms with van der Waals surface area (Å²) in [5.41, 5.74) is 11.7. The Morgan fingerprint density at radius 3 is 2.77 bits per heavy atom. The van der Waals surface area contributed by atoms with Gasteiger partial charge in [0.05, 0.1) is 17.6 Å². The molecule has 0 saturated heterocycles. The van der Waals surface area contributed by atoms with Crippen molar-refractivity contribution in [2.45, 2.75) is 26.3 Å². The molecule has 0 bridgehead atoms. The predicted octanol–water partition coefficient (Wildman–Crippen LogP) is 2.90. The van der Waals surface area contributed by atoms with Crippen LogP contribution < -0.4 is 5.73 Å². The lowest BCUT2D eigenvalue weighted by Gasteiger charge is -2.08. The Kier molecular flexibility index (Phi) is 4.11. The summed E-state index contributed by atoms with van der Waals surface area (Å²) < 4.78 is 2.04. The number of fused-ring (bicyclic) bond motifs is 1. The molecule has 0 aliphatic carbocycles. The van der Waals surface area contributed by atoms with Crippen LogP contribution in [0, 0.1) is 6.92 Å². The Morgan fingerprint density at radius 1 is 1.14 bits per heavy atom. The number of hydrogen-bond donors (Lipinski definition) is 2. The maximum atomic E-state index is 8.94. The number of nitrogens with two attached hydrogens (primary N) is 1. The number of benzene rings is 2. The van der Waals surface area contributed by atoms with Gasteiger partial charge in [-0.15, -0.1) is 0 Å². The van der Waals surface area contributed by atoms with E-state index in [9.17, 15) is 0 Å². The molecule has 1 heterocycles. The van der Waals surface area contributed by atoms with Gasteiger partial charge in [0.15, 0.2) is 0 Å². The van der Waals surface area contributed by atoms with Crippen LogP contribution in [0.1, 0.15) is 23.1 Å². The third-order valence-electron chi connectivity index (χ3n) is 3.89. The molecule has 3 rings (SSSR count). The van der Waals surface area contributed by atoms with Gasteiger partial charge in [0.1, 0.15) is 0 Å². The van der Waals surface area contributed by atoms with Gasteiger partial charge in [-0.3, -0.25) is 0 Å². The summed E-state index contributed by atoms with van der Waals surface area (Å²) in [7, 11) is 0. The number of imidazole rings is 1. The molecule has 22 heavy (non-hydrogen) atoms. The van der Waals surface area contributed by atoms with Crippen molar-refractivity contribution in [1.82, 2.24) is 9.55 Å². The highest BCUT2D eigenvalue weighted by Crippen LogP contribution is 2.21. The number of aliphatic hydroxyl groups excluding tert-OH is 1. The molecule has 3 aromatic rings. The quantitative estimate of drug-likeness (QED) is 0.760. The number of nitrogens with zero attached hydrogens (tertiary/aromatic N) is 2. The first kappa shape index (κ1) is 14.6. The van der Waals surface area contributed by atoms with Crippen LogP contribution in [0.3, 0.4) is 0 Å². The summed E-state index contributed by atoms with van der Waals surface area (Å²) in [6.07, 6.45) is 1.63. The van der Waals surface area contributed by atoms with Crippen LogP contribution in [0.5, 0.6) is 0 Å². The van der Waals surface area contributed by atoms with Gasteiger partial charge in [-0.1, -0.05) is 35.9 Å². The first-order chi connectivity index (χ1) is 10.7. The van der Waals surface area contributed by atoms with E-state index in [0.29, 0.717) is 5.95 Å². The van der Waals surface area contributed by atoms with E-state index in [4.69, 9.17) is 10.8 Å². The zero-order valence-electron chi connectivity index (χ0n) is 12.8. The molecule has 1 aromatic heterocycles. The van der Waals surface area contributed by atoms with E-state index in [2.05, 4.69) is 54.4 Å². The van der Waals surface area contributed by atoms with Gasteiger partial charge in [0.25, 0.3) is 0 Å². The Labute approximate surface area is 130 Å². The Morgan fingerprint density at radius 2 is 2.00 bits per heavy atom. The average molecular weight is 295 g/mol. The molecule has 0 atom stereocenters. The van der Waals surface area contributed by atoms with E-state index in [1.165, 1.54) is 16.7 Å². The van der Waals surface area contributed by atoms with Crippen LogP contribution in [0.25, 0.3) is 11.0 Å². The van der Waals surface area contributed by atoms with Crippen molar-refractivity contribution in [3.63, 3.8) is 0 Å². The minimum Gasteiger partial charge on any atom is -0.396 e. The minimum atomic E-state index is 0.210. The van der Waals surface area contributed by atoms with E-state index >= 15 is 0 Å². The summed E-state index contributed by atoms with van der Waals surface area (Å²) in [6, 6.07) is 14.6. The monoisotopic (exact) mass is 295 g/mol. The molecule has 4 heteroatoms. The SMILES string of the molecule is Cc1cccc(Cn2c(N)nc3cc(CCCO)ccc32)c1. The van der Waals surface area contributed by atoms with Gasteiger partial charge in [0.2, 0.25) is 5.95 Å². The fourth-order valence-electron chi connectivity index (χ4n) is 2.79. The van der Waals surface area contributed by atoms with Crippen molar-refractivity contribution in [3.05, 3.63) is 59.2 Å². The van der Waals surface area contributed by atoms with Crippen LogP contribution in [0.4, 0.5) is 5.95 Å².